The molecule has 0 amide bonds. The number of hydrogen-bond acceptors (Lipinski definition) is 0. The zero-order chi connectivity index (χ0) is 43.3. The van der Waals surface area contributed by atoms with E-state index in [2.05, 4.69) is 243 Å². The highest BCUT2D eigenvalue weighted by molar-refractivity contribution is 6.28. The normalized spacial score (nSPS) is 11.9. The van der Waals surface area contributed by atoms with Gasteiger partial charge in [-0.3, -0.25) is 0 Å². The van der Waals surface area contributed by atoms with Gasteiger partial charge >= 0.3 is 0 Å². The molecule has 0 N–H and O–H groups in total. The van der Waals surface area contributed by atoms with Crippen molar-refractivity contribution < 1.29 is 0 Å². The van der Waals surface area contributed by atoms with Crippen molar-refractivity contribution in [2.75, 3.05) is 0 Å². The molecule has 14 aromatic carbocycles. The molecule has 304 valence electrons. The molecule has 14 aromatic rings. The first-order chi connectivity index (χ1) is 32.7. The number of rotatable bonds is 6. The van der Waals surface area contributed by atoms with Crippen LogP contribution in [0, 0.1) is 0 Å². The maximum atomic E-state index is 2.33. The third-order valence-corrected chi connectivity index (χ3v) is 14.4. The number of benzene rings is 14. The largest absolute Gasteiger partial charge is 0.0616 e. The Morgan fingerprint density at radius 3 is 1.03 bits per heavy atom. The first kappa shape index (κ1) is 36.9. The van der Waals surface area contributed by atoms with Gasteiger partial charge in [-0.2, -0.15) is 0 Å². The molecule has 0 nitrogen and oxygen atoms in total. The van der Waals surface area contributed by atoms with Gasteiger partial charge in [-0.1, -0.05) is 231 Å². The Labute approximate surface area is 383 Å². The van der Waals surface area contributed by atoms with E-state index in [4.69, 9.17) is 0 Å². The summed E-state index contributed by atoms with van der Waals surface area (Å²) < 4.78 is 0. The van der Waals surface area contributed by atoms with Gasteiger partial charge in [0.1, 0.15) is 0 Å². The van der Waals surface area contributed by atoms with Crippen LogP contribution in [0.3, 0.4) is 0 Å². The van der Waals surface area contributed by atoms with E-state index in [0.717, 1.165) is 0 Å². The quantitative estimate of drug-likeness (QED) is 0.146. The molecule has 0 heteroatoms. The Morgan fingerprint density at radius 2 is 0.485 bits per heavy atom. The van der Waals surface area contributed by atoms with Crippen LogP contribution in [-0.4, -0.2) is 0 Å². The van der Waals surface area contributed by atoms with Gasteiger partial charge in [-0.15, -0.1) is 0 Å². The van der Waals surface area contributed by atoms with Crippen molar-refractivity contribution in [1.29, 1.82) is 0 Å². The third-order valence-electron chi connectivity index (χ3n) is 14.4. The molecular formula is C66H40. The smallest absolute Gasteiger partial charge is 0.00203 e. The van der Waals surface area contributed by atoms with Crippen LogP contribution >= 0.6 is 0 Å². The molecule has 0 spiro atoms. The fourth-order valence-corrected chi connectivity index (χ4v) is 11.2. The van der Waals surface area contributed by atoms with Crippen LogP contribution in [0.4, 0.5) is 0 Å². The van der Waals surface area contributed by atoms with Gasteiger partial charge in [0.2, 0.25) is 0 Å². The molecule has 0 bridgehead atoms. The minimum atomic E-state index is 1.21. The molecule has 0 aliphatic heterocycles. The molecule has 0 saturated carbocycles. The highest BCUT2D eigenvalue weighted by atomic mass is 14.2. The number of hydrogen-bond donors (Lipinski definition) is 0. The highest BCUT2D eigenvalue weighted by Gasteiger charge is 2.17. The third kappa shape index (κ3) is 5.72. The van der Waals surface area contributed by atoms with Gasteiger partial charge in [-0.05, 0) is 154 Å². The molecule has 0 fully saturated rings. The lowest BCUT2D eigenvalue weighted by Crippen LogP contribution is -1.90. The summed E-state index contributed by atoms with van der Waals surface area (Å²) >= 11 is 0. The second-order valence-corrected chi connectivity index (χ2v) is 18.0. The monoisotopic (exact) mass is 832 g/mol. The zero-order valence-electron chi connectivity index (χ0n) is 36.1. The molecule has 0 unspecified atom stereocenters. The Kier molecular flexibility index (Phi) is 8.08. The van der Waals surface area contributed by atoms with E-state index in [-0.39, 0.29) is 0 Å². The van der Waals surface area contributed by atoms with Gasteiger partial charge in [-0.25, -0.2) is 0 Å². The van der Waals surface area contributed by atoms with Crippen LogP contribution in [0.2, 0.25) is 0 Å². The van der Waals surface area contributed by atoms with E-state index < -0.39 is 0 Å². The van der Waals surface area contributed by atoms with Crippen molar-refractivity contribution in [1.82, 2.24) is 0 Å². The van der Waals surface area contributed by atoms with Crippen LogP contribution < -0.4 is 0 Å². The maximum absolute atomic E-state index is 2.33. The zero-order valence-corrected chi connectivity index (χ0v) is 36.1. The molecule has 0 heterocycles. The first-order valence-electron chi connectivity index (χ1n) is 23.0. The average molecular weight is 833 g/mol. The Hall–Kier alpha value is -8.58. The minimum absolute atomic E-state index is 1.21. The lowest BCUT2D eigenvalue weighted by Gasteiger charge is -2.17. The van der Waals surface area contributed by atoms with Crippen LogP contribution in [-0.2, 0) is 0 Å². The average Bonchev–Trinajstić information content (AvgIpc) is 3.39. The fourth-order valence-electron chi connectivity index (χ4n) is 11.2. The van der Waals surface area contributed by atoms with Gasteiger partial charge in [0.05, 0.1) is 0 Å². The molecule has 0 aliphatic carbocycles. The summed E-state index contributed by atoms with van der Waals surface area (Å²) in [5.74, 6) is 0. The molecule has 0 atom stereocenters. The van der Waals surface area contributed by atoms with Crippen molar-refractivity contribution in [3.05, 3.63) is 243 Å². The van der Waals surface area contributed by atoms with Gasteiger partial charge in [0.15, 0.2) is 0 Å². The minimum Gasteiger partial charge on any atom is -0.0616 e. The summed E-state index contributed by atoms with van der Waals surface area (Å²) in [5, 5.41) is 18.3. The Bertz CT molecular complexity index is 4170. The predicted octanol–water partition coefficient (Wildman–Crippen LogP) is 18.6. The highest BCUT2D eigenvalue weighted by Crippen LogP contribution is 2.44. The molecule has 0 aliphatic rings. The van der Waals surface area contributed by atoms with Crippen LogP contribution in [0.1, 0.15) is 0 Å². The standard InChI is InChI=1S/C66H40/c1-2-15-55-43(7-1)8-6-16-58(55)59-35-29-50-31-37-61-57(34-28-49-32-38-62(59)66(50)65(49)61)45-23-19-42(20-24-45)52-12-5-14-54(40-52)53-13-4-11-51(39-53)41-17-21-44(22-18-41)56-33-27-48-26-25-46-9-3-10-47-30-36-60(56)64(48)63(46)47/h1-40H. The lowest BCUT2D eigenvalue weighted by molar-refractivity contribution is 1.57. The summed E-state index contributed by atoms with van der Waals surface area (Å²) in [6, 6.07) is 90.3. The lowest BCUT2D eigenvalue weighted by atomic mass is 9.86. The molecule has 0 aromatic heterocycles. The van der Waals surface area contributed by atoms with E-state index in [0.29, 0.717) is 0 Å². The summed E-state index contributed by atoms with van der Waals surface area (Å²) in [7, 11) is 0. The van der Waals surface area contributed by atoms with Crippen molar-refractivity contribution in [3.63, 3.8) is 0 Å². The SMILES string of the molecule is c1cc(-c2ccc(-c3ccc4ccc5cccc6ccc3c4c56)cc2)cc(-c2cccc(-c3ccc(-c4ccc5ccc6c(-c7cccc8ccccc78)ccc7ccc4c5c76)cc3)c2)c1. The second kappa shape index (κ2) is 14.5. The van der Waals surface area contributed by atoms with Gasteiger partial charge < -0.3 is 0 Å². The number of fused-ring (bicyclic) bond motifs is 1. The summed E-state index contributed by atoms with van der Waals surface area (Å²) in [6.07, 6.45) is 0. The molecule has 14 rings (SSSR count). The molecule has 0 saturated heterocycles. The van der Waals surface area contributed by atoms with Crippen molar-refractivity contribution >= 4 is 75.4 Å². The Morgan fingerprint density at radius 1 is 0.152 bits per heavy atom. The predicted molar refractivity (Wildman–Crippen MR) is 284 cm³/mol. The van der Waals surface area contributed by atoms with Crippen LogP contribution in [0.15, 0.2) is 243 Å². The van der Waals surface area contributed by atoms with Crippen molar-refractivity contribution in [2.24, 2.45) is 0 Å². The van der Waals surface area contributed by atoms with Gasteiger partial charge in [0, 0.05) is 0 Å². The first-order valence-corrected chi connectivity index (χ1v) is 23.0. The fraction of sp³-hybridized carbons (Fsp3) is 0. The van der Waals surface area contributed by atoms with Crippen molar-refractivity contribution in [2.45, 2.75) is 0 Å². The van der Waals surface area contributed by atoms with Crippen LogP contribution in [0.5, 0.6) is 0 Å². The molecule has 66 heavy (non-hydrogen) atoms. The topological polar surface area (TPSA) is 0 Å². The summed E-state index contributed by atoms with van der Waals surface area (Å²) in [6.45, 7) is 0. The second-order valence-electron chi connectivity index (χ2n) is 18.0. The molecular weight excluding hydrogens is 793 g/mol. The van der Waals surface area contributed by atoms with Crippen LogP contribution in [0.25, 0.3) is 142 Å². The maximum Gasteiger partial charge on any atom is -0.00203 e. The van der Waals surface area contributed by atoms with E-state index >= 15 is 0 Å². The van der Waals surface area contributed by atoms with E-state index in [9.17, 15) is 0 Å². The van der Waals surface area contributed by atoms with Gasteiger partial charge in [0.25, 0.3) is 0 Å². The van der Waals surface area contributed by atoms with E-state index in [1.54, 1.807) is 0 Å². The Balaban J connectivity index is 0.769. The van der Waals surface area contributed by atoms with Crippen molar-refractivity contribution in [3.8, 4) is 66.8 Å². The summed E-state index contributed by atoms with van der Waals surface area (Å²) in [4.78, 5) is 0. The summed E-state index contributed by atoms with van der Waals surface area (Å²) in [5.41, 5.74) is 14.8. The molecule has 0 radical (unpaired) electrons. The van der Waals surface area contributed by atoms with E-state index in [1.165, 1.54) is 142 Å². The van der Waals surface area contributed by atoms with E-state index in [1.807, 2.05) is 0 Å².